The molecule has 0 nitrogen and oxygen atoms in total. The first kappa shape index (κ1) is 5.91. The molecule has 0 fully saturated rings. The Kier molecular flexibility index (Phi) is 3.68. The zero-order valence-corrected chi connectivity index (χ0v) is 6.74. The van der Waals surface area contributed by atoms with E-state index in [1.54, 1.807) is 0 Å². The van der Waals surface area contributed by atoms with Gasteiger partial charge in [-0.2, -0.15) is 0 Å². The van der Waals surface area contributed by atoms with E-state index in [2.05, 4.69) is 28.3 Å². The number of hydrogen-bond donors (Lipinski definition) is 0. The fraction of sp³-hybridized carbons (Fsp3) is 0.667. The van der Waals surface area contributed by atoms with Crippen molar-refractivity contribution in [3.63, 3.8) is 0 Å². The molecular weight excluding hydrogens is 194 g/mol. The van der Waals surface area contributed by atoms with E-state index in [9.17, 15) is 0 Å². The van der Waals surface area contributed by atoms with Crippen LogP contribution in [0.2, 0.25) is 5.82 Å². The molecule has 0 radical (unpaired) electrons. The van der Waals surface area contributed by atoms with Crippen LogP contribution in [0, 0.1) is 0 Å². The average Bonchev–Trinajstić information content (AvgIpc) is 1.38. The second kappa shape index (κ2) is 3.11. The van der Waals surface area contributed by atoms with Gasteiger partial charge in [-0.1, -0.05) is 0 Å². The van der Waals surface area contributed by atoms with E-state index in [4.69, 9.17) is 0 Å². The second-order valence-electron chi connectivity index (χ2n) is 0.696. The van der Waals surface area contributed by atoms with Gasteiger partial charge in [0.05, 0.1) is 0 Å². The van der Waals surface area contributed by atoms with Crippen LogP contribution in [0.1, 0.15) is 6.92 Å². The predicted octanol–water partition coefficient (Wildman–Crippen LogP) is 0.0570. The van der Waals surface area contributed by atoms with Gasteiger partial charge in [0, 0.05) is 0 Å². The van der Waals surface area contributed by atoms with E-state index in [1.165, 1.54) is 3.32 Å². The van der Waals surface area contributed by atoms with E-state index in [-0.39, 0.29) is 0 Å². The summed E-state index contributed by atoms with van der Waals surface area (Å²) >= 11 is 3.67. The van der Waals surface area contributed by atoms with Crippen LogP contribution in [0.4, 0.5) is 0 Å². The van der Waals surface area contributed by atoms with Gasteiger partial charge < -0.3 is 0 Å². The Morgan fingerprint density at radius 2 is 2.00 bits per heavy atom. The summed E-state index contributed by atoms with van der Waals surface area (Å²) in [4.78, 5) is 0. The first-order valence-electron chi connectivity index (χ1n) is 1.32. The van der Waals surface area contributed by atoms with E-state index in [0.717, 1.165) is 15.0 Å². The maximum atomic E-state index is 2.93. The molecule has 0 amide bonds. The van der Waals surface area contributed by atoms with Crippen molar-refractivity contribution in [2.75, 3.05) is 0 Å². The fourth-order valence-electron chi connectivity index (χ4n) is 0. The zero-order valence-electron chi connectivity index (χ0n) is 3.32. The van der Waals surface area contributed by atoms with Gasteiger partial charge in [-0.05, 0) is 0 Å². The Hall–Kier alpha value is 0.909. The Balaban J connectivity index is 2.85. The van der Waals surface area contributed by atoms with Crippen LogP contribution < -0.4 is 0 Å². The van der Waals surface area contributed by atoms with Crippen LogP contribution in [0.25, 0.3) is 0 Å². The average molecular weight is 200 g/mol. The van der Waals surface area contributed by atoms with Gasteiger partial charge in [0.1, 0.15) is 0 Å². The van der Waals surface area contributed by atoms with E-state index >= 15 is 0 Å². The Morgan fingerprint density at radius 1 is 1.80 bits per heavy atom. The molecule has 0 N–H and O–H groups in total. The molecular formula is C3H6Se2. The third kappa shape index (κ3) is 4.91. The van der Waals surface area contributed by atoms with E-state index in [0.29, 0.717) is 0 Å². The molecule has 0 unspecified atom stereocenters. The van der Waals surface area contributed by atoms with Crippen molar-refractivity contribution in [3.8, 4) is 0 Å². The van der Waals surface area contributed by atoms with Crippen LogP contribution in [-0.4, -0.2) is 33.8 Å². The Labute approximate surface area is 46.8 Å². The summed E-state index contributed by atoms with van der Waals surface area (Å²) in [6, 6.07) is 0. The molecule has 0 aliphatic carbocycles. The monoisotopic (exact) mass is 202 g/mol. The molecule has 0 saturated heterocycles. The molecule has 30 valence electrons. The molecule has 0 bridgehead atoms. The quantitative estimate of drug-likeness (QED) is 0.525. The molecule has 0 atom stereocenters. The first-order chi connectivity index (χ1) is 2.27. The molecule has 0 aliphatic rings. The number of hydrogen-bond acceptors (Lipinski definition) is 0. The van der Waals surface area contributed by atoms with Gasteiger partial charge in [0.2, 0.25) is 0 Å². The van der Waals surface area contributed by atoms with Crippen LogP contribution >= 0.6 is 0 Å². The van der Waals surface area contributed by atoms with E-state index < -0.39 is 0 Å². The molecule has 0 aliphatic heterocycles. The zero-order chi connectivity index (χ0) is 4.28. The standard InChI is InChI=1S/C3H6Se2/c1-3(4)5-2/h1-2H3. The summed E-state index contributed by atoms with van der Waals surface area (Å²) in [5, 5.41) is 0. The third-order valence-electron chi connectivity index (χ3n) is 0.287. The molecule has 0 saturated carbocycles. The van der Waals surface area contributed by atoms with Gasteiger partial charge in [-0.15, -0.1) is 0 Å². The molecule has 5 heavy (non-hydrogen) atoms. The van der Waals surface area contributed by atoms with Crippen molar-refractivity contribution in [2.45, 2.75) is 12.7 Å². The summed E-state index contributed by atoms with van der Waals surface area (Å²) in [5.41, 5.74) is 0. The van der Waals surface area contributed by atoms with Crippen molar-refractivity contribution in [1.82, 2.24) is 0 Å². The molecule has 0 aromatic rings. The van der Waals surface area contributed by atoms with Crippen LogP contribution in [0.3, 0.4) is 0 Å². The minimum atomic E-state index is 0.736. The Morgan fingerprint density at radius 3 is 2.00 bits per heavy atom. The molecule has 0 rings (SSSR count). The van der Waals surface area contributed by atoms with Gasteiger partial charge in [0.15, 0.2) is 0 Å². The maximum absolute atomic E-state index is 2.93. The van der Waals surface area contributed by atoms with Gasteiger partial charge in [0.25, 0.3) is 0 Å². The van der Waals surface area contributed by atoms with Gasteiger partial charge in [-0.3, -0.25) is 0 Å². The topological polar surface area (TPSA) is 0 Å². The fourth-order valence-corrected chi connectivity index (χ4v) is 0. The Bertz CT molecular complexity index is 40.2. The normalized spacial score (nSPS) is 7.60. The summed E-state index contributed by atoms with van der Waals surface area (Å²) in [5.74, 6) is 2.19. The summed E-state index contributed by atoms with van der Waals surface area (Å²) in [6.07, 6.45) is 0. The summed E-state index contributed by atoms with van der Waals surface area (Å²) in [7, 11) is 0. The predicted molar refractivity (Wildman–Crippen MR) is 28.1 cm³/mol. The minimum absolute atomic E-state index is 0.736. The SMILES string of the molecule is C[Se]C(C)=[Se]. The van der Waals surface area contributed by atoms with Crippen molar-refractivity contribution in [1.29, 1.82) is 0 Å². The molecule has 0 aromatic heterocycles. The number of rotatable bonds is 1. The van der Waals surface area contributed by atoms with Crippen molar-refractivity contribution < 1.29 is 0 Å². The first-order valence-corrected chi connectivity index (χ1v) is 4.74. The van der Waals surface area contributed by atoms with Gasteiger partial charge in [-0.25, -0.2) is 0 Å². The van der Waals surface area contributed by atoms with Crippen molar-refractivity contribution in [2.24, 2.45) is 0 Å². The second-order valence-corrected chi connectivity index (χ2v) is 5.43. The van der Waals surface area contributed by atoms with Crippen molar-refractivity contribution >= 4 is 33.8 Å². The van der Waals surface area contributed by atoms with Crippen molar-refractivity contribution in [3.05, 3.63) is 0 Å². The molecule has 0 heterocycles. The van der Waals surface area contributed by atoms with Crippen LogP contribution in [-0.2, 0) is 0 Å². The molecule has 0 aromatic carbocycles. The summed E-state index contributed by atoms with van der Waals surface area (Å²) in [6.45, 7) is 2.11. The molecule has 0 spiro atoms. The summed E-state index contributed by atoms with van der Waals surface area (Å²) < 4.78 is 1.44. The third-order valence-corrected chi connectivity index (χ3v) is 3.31. The van der Waals surface area contributed by atoms with Gasteiger partial charge >= 0.3 is 46.6 Å². The van der Waals surface area contributed by atoms with Crippen LogP contribution in [0.15, 0.2) is 0 Å². The van der Waals surface area contributed by atoms with Crippen LogP contribution in [0.5, 0.6) is 0 Å². The molecule has 2 heteroatoms. The van der Waals surface area contributed by atoms with E-state index in [1.807, 2.05) is 0 Å².